The number of rotatable bonds is 4. The van der Waals surface area contributed by atoms with Crippen molar-refractivity contribution in [2.75, 3.05) is 11.9 Å². The van der Waals surface area contributed by atoms with Crippen LogP contribution < -0.4 is 10.6 Å². The summed E-state index contributed by atoms with van der Waals surface area (Å²) in [5, 5.41) is 14.2. The molecule has 0 spiro atoms. The van der Waals surface area contributed by atoms with Gasteiger partial charge in [0.15, 0.2) is 0 Å². The van der Waals surface area contributed by atoms with Crippen molar-refractivity contribution in [1.29, 1.82) is 0 Å². The van der Waals surface area contributed by atoms with Crippen LogP contribution >= 0.6 is 0 Å². The molecule has 0 fully saturated rings. The standard InChI is InChI=1S/C15H13F3N2O2/c16-9-5-6-13(12(18)7-9)20-15(22)19-8-14(21)10-3-1-2-4-11(10)17/h1-7,14,21H,8H2,(H2,19,20,22)/t14-/m0/s1. The predicted octanol–water partition coefficient (Wildman–Crippen LogP) is 2.96. The highest BCUT2D eigenvalue weighted by molar-refractivity contribution is 5.89. The van der Waals surface area contributed by atoms with E-state index in [1.165, 1.54) is 18.2 Å². The minimum atomic E-state index is -1.25. The van der Waals surface area contributed by atoms with Crippen LogP contribution in [0.15, 0.2) is 42.5 Å². The zero-order valence-corrected chi connectivity index (χ0v) is 11.3. The first-order chi connectivity index (χ1) is 10.5. The van der Waals surface area contributed by atoms with E-state index in [0.717, 1.165) is 12.1 Å². The summed E-state index contributed by atoms with van der Waals surface area (Å²) in [4.78, 5) is 11.6. The lowest BCUT2D eigenvalue weighted by Gasteiger charge is -2.13. The number of amides is 2. The molecular formula is C15H13F3N2O2. The van der Waals surface area contributed by atoms with Crippen molar-refractivity contribution in [3.05, 3.63) is 65.5 Å². The Morgan fingerprint density at radius 1 is 1.09 bits per heavy atom. The first kappa shape index (κ1) is 15.8. The Labute approximate surface area is 124 Å². The SMILES string of the molecule is O=C(NC[C@H](O)c1ccccc1F)Nc1ccc(F)cc1F. The van der Waals surface area contributed by atoms with E-state index in [2.05, 4.69) is 10.6 Å². The molecule has 3 N–H and O–H groups in total. The number of anilines is 1. The van der Waals surface area contributed by atoms with E-state index >= 15 is 0 Å². The minimum Gasteiger partial charge on any atom is -0.386 e. The van der Waals surface area contributed by atoms with Crippen LogP contribution in [-0.2, 0) is 0 Å². The zero-order valence-electron chi connectivity index (χ0n) is 11.3. The van der Waals surface area contributed by atoms with Crippen molar-refractivity contribution in [2.45, 2.75) is 6.10 Å². The number of aliphatic hydroxyl groups is 1. The van der Waals surface area contributed by atoms with E-state index < -0.39 is 29.6 Å². The molecular weight excluding hydrogens is 297 g/mol. The highest BCUT2D eigenvalue weighted by Gasteiger charge is 2.14. The van der Waals surface area contributed by atoms with Crippen LogP contribution in [0.4, 0.5) is 23.7 Å². The quantitative estimate of drug-likeness (QED) is 0.813. The second-order valence-corrected chi connectivity index (χ2v) is 4.50. The number of carbonyl (C=O) groups is 1. The number of benzene rings is 2. The van der Waals surface area contributed by atoms with Gasteiger partial charge in [-0.05, 0) is 18.2 Å². The molecule has 0 aliphatic carbocycles. The average molecular weight is 310 g/mol. The van der Waals surface area contributed by atoms with Gasteiger partial charge in [-0.25, -0.2) is 18.0 Å². The highest BCUT2D eigenvalue weighted by atomic mass is 19.1. The average Bonchev–Trinajstić information content (AvgIpc) is 2.48. The largest absolute Gasteiger partial charge is 0.386 e. The van der Waals surface area contributed by atoms with Gasteiger partial charge in [0.2, 0.25) is 0 Å². The number of hydrogen-bond acceptors (Lipinski definition) is 2. The van der Waals surface area contributed by atoms with Gasteiger partial charge in [-0.1, -0.05) is 18.2 Å². The topological polar surface area (TPSA) is 61.4 Å². The second kappa shape index (κ2) is 6.95. The number of halogens is 3. The summed E-state index contributed by atoms with van der Waals surface area (Å²) >= 11 is 0. The molecule has 0 aliphatic heterocycles. The summed E-state index contributed by atoms with van der Waals surface area (Å²) in [6.07, 6.45) is -1.25. The Morgan fingerprint density at radius 2 is 1.82 bits per heavy atom. The Hall–Kier alpha value is -2.54. The summed E-state index contributed by atoms with van der Waals surface area (Å²) in [6, 6.07) is 7.49. The van der Waals surface area contributed by atoms with E-state index in [-0.39, 0.29) is 17.8 Å². The van der Waals surface area contributed by atoms with Gasteiger partial charge in [-0.2, -0.15) is 0 Å². The molecule has 2 amide bonds. The van der Waals surface area contributed by atoms with Crippen LogP contribution in [0.1, 0.15) is 11.7 Å². The van der Waals surface area contributed by atoms with Crippen molar-refractivity contribution in [1.82, 2.24) is 5.32 Å². The van der Waals surface area contributed by atoms with Crippen LogP contribution in [0.2, 0.25) is 0 Å². The van der Waals surface area contributed by atoms with Gasteiger partial charge in [0, 0.05) is 18.2 Å². The van der Waals surface area contributed by atoms with Gasteiger partial charge in [0.1, 0.15) is 17.5 Å². The predicted molar refractivity (Wildman–Crippen MR) is 74.7 cm³/mol. The molecule has 0 aliphatic rings. The minimum absolute atomic E-state index is 0.0377. The van der Waals surface area contributed by atoms with Crippen LogP contribution in [-0.4, -0.2) is 17.7 Å². The van der Waals surface area contributed by atoms with E-state index in [0.29, 0.717) is 6.07 Å². The van der Waals surface area contributed by atoms with Crippen molar-refractivity contribution in [3.63, 3.8) is 0 Å². The lowest BCUT2D eigenvalue weighted by Crippen LogP contribution is -2.32. The Bertz CT molecular complexity index is 680. The van der Waals surface area contributed by atoms with Gasteiger partial charge in [-0.3, -0.25) is 0 Å². The van der Waals surface area contributed by atoms with Crippen molar-refractivity contribution in [3.8, 4) is 0 Å². The second-order valence-electron chi connectivity index (χ2n) is 4.50. The number of urea groups is 1. The fraction of sp³-hybridized carbons (Fsp3) is 0.133. The molecule has 22 heavy (non-hydrogen) atoms. The first-order valence-corrected chi connectivity index (χ1v) is 6.40. The fourth-order valence-corrected chi connectivity index (χ4v) is 1.80. The Morgan fingerprint density at radius 3 is 2.50 bits per heavy atom. The normalized spacial score (nSPS) is 11.8. The third-order valence-electron chi connectivity index (χ3n) is 2.90. The summed E-state index contributed by atoms with van der Waals surface area (Å²) in [5.41, 5.74) is -0.171. The van der Waals surface area contributed by atoms with Crippen LogP contribution in [0, 0.1) is 17.5 Å². The molecule has 0 unspecified atom stereocenters. The summed E-state index contributed by atoms with van der Waals surface area (Å²) < 4.78 is 39.5. The number of aliphatic hydroxyl groups excluding tert-OH is 1. The molecule has 2 aromatic rings. The van der Waals surface area contributed by atoms with E-state index in [1.54, 1.807) is 6.07 Å². The fourth-order valence-electron chi connectivity index (χ4n) is 1.80. The molecule has 2 rings (SSSR count). The molecule has 0 radical (unpaired) electrons. The molecule has 0 heterocycles. The zero-order chi connectivity index (χ0) is 16.1. The smallest absolute Gasteiger partial charge is 0.319 e. The first-order valence-electron chi connectivity index (χ1n) is 6.40. The molecule has 0 aromatic heterocycles. The van der Waals surface area contributed by atoms with Crippen LogP contribution in [0.3, 0.4) is 0 Å². The maximum Gasteiger partial charge on any atom is 0.319 e. The van der Waals surface area contributed by atoms with Crippen LogP contribution in [0.25, 0.3) is 0 Å². The number of carbonyl (C=O) groups excluding carboxylic acids is 1. The van der Waals surface area contributed by atoms with Gasteiger partial charge < -0.3 is 15.7 Å². The highest BCUT2D eigenvalue weighted by Crippen LogP contribution is 2.16. The van der Waals surface area contributed by atoms with Gasteiger partial charge >= 0.3 is 6.03 Å². The molecule has 0 saturated carbocycles. The van der Waals surface area contributed by atoms with Crippen molar-refractivity contribution in [2.24, 2.45) is 0 Å². The van der Waals surface area contributed by atoms with Gasteiger partial charge in [0.05, 0.1) is 11.8 Å². The third kappa shape index (κ3) is 3.98. The lowest BCUT2D eigenvalue weighted by atomic mass is 10.1. The summed E-state index contributed by atoms with van der Waals surface area (Å²) in [5.74, 6) is -2.29. The van der Waals surface area contributed by atoms with E-state index in [9.17, 15) is 23.1 Å². The van der Waals surface area contributed by atoms with Crippen molar-refractivity contribution < 1.29 is 23.1 Å². The maximum absolute atomic E-state index is 13.4. The molecule has 0 bridgehead atoms. The third-order valence-corrected chi connectivity index (χ3v) is 2.90. The van der Waals surface area contributed by atoms with Gasteiger partial charge in [0.25, 0.3) is 0 Å². The molecule has 0 saturated heterocycles. The van der Waals surface area contributed by atoms with Crippen molar-refractivity contribution >= 4 is 11.7 Å². The van der Waals surface area contributed by atoms with Crippen LogP contribution in [0.5, 0.6) is 0 Å². The van der Waals surface area contributed by atoms with E-state index in [4.69, 9.17) is 0 Å². The monoisotopic (exact) mass is 310 g/mol. The number of hydrogen-bond donors (Lipinski definition) is 3. The summed E-state index contributed by atoms with van der Waals surface area (Å²) in [6.45, 7) is -0.268. The Balaban J connectivity index is 1.91. The lowest BCUT2D eigenvalue weighted by molar-refractivity contribution is 0.170. The molecule has 7 heteroatoms. The molecule has 116 valence electrons. The maximum atomic E-state index is 13.4. The number of nitrogens with one attached hydrogen (secondary N) is 2. The molecule has 2 aromatic carbocycles. The summed E-state index contributed by atoms with van der Waals surface area (Å²) in [7, 11) is 0. The molecule has 4 nitrogen and oxygen atoms in total. The van der Waals surface area contributed by atoms with E-state index in [1.807, 2.05) is 0 Å². The molecule has 1 atom stereocenters. The Kier molecular flexibility index (Phi) is 5.00. The van der Waals surface area contributed by atoms with Gasteiger partial charge in [-0.15, -0.1) is 0 Å².